The van der Waals surface area contributed by atoms with Gasteiger partial charge in [-0.1, -0.05) is 35.9 Å². The number of non-ortho nitro benzene ring substituents is 1. The summed E-state index contributed by atoms with van der Waals surface area (Å²) in [7, 11) is 0. The summed E-state index contributed by atoms with van der Waals surface area (Å²) in [4.78, 5) is 38.8. The van der Waals surface area contributed by atoms with Crippen molar-refractivity contribution in [1.82, 2.24) is 4.98 Å². The number of carbonyl (C=O) groups is 2. The van der Waals surface area contributed by atoms with E-state index < -0.39 is 22.9 Å². The van der Waals surface area contributed by atoms with Crippen molar-refractivity contribution < 1.29 is 19.2 Å². The fraction of sp³-hybridized carbons (Fsp3) is 0.0952. The molecule has 1 amide bonds. The van der Waals surface area contributed by atoms with E-state index in [2.05, 4.69) is 10.3 Å². The predicted octanol–water partition coefficient (Wildman–Crippen LogP) is 4.38. The zero-order valence-electron chi connectivity index (χ0n) is 15.7. The molecule has 1 atom stereocenters. The molecule has 0 fully saturated rings. The molecule has 3 aromatic rings. The lowest BCUT2D eigenvalue weighted by Crippen LogP contribution is -2.29. The smallest absolute Gasteiger partial charge is 0.331 e. The average molecular weight is 426 g/mol. The summed E-state index contributed by atoms with van der Waals surface area (Å²) >= 11 is 5.95. The summed E-state index contributed by atoms with van der Waals surface area (Å²) in [5.74, 6) is -1.33. The molecule has 0 radical (unpaired) electrons. The van der Waals surface area contributed by atoms with Crippen molar-refractivity contribution in [3.05, 3.63) is 81.5 Å². The summed E-state index contributed by atoms with van der Waals surface area (Å²) in [5, 5.41) is 14.1. The highest BCUT2D eigenvalue weighted by molar-refractivity contribution is 6.34. The Hall–Kier alpha value is -3.78. The van der Waals surface area contributed by atoms with Gasteiger partial charge in [0.2, 0.25) is 0 Å². The van der Waals surface area contributed by atoms with Crippen LogP contribution in [-0.4, -0.2) is 27.9 Å². The van der Waals surface area contributed by atoms with Gasteiger partial charge in [0.05, 0.1) is 21.2 Å². The summed E-state index contributed by atoms with van der Waals surface area (Å²) in [5.41, 5.74) is 1.44. The Labute approximate surface area is 176 Å². The number of anilines is 1. The second-order valence-electron chi connectivity index (χ2n) is 6.25. The van der Waals surface area contributed by atoms with Gasteiger partial charge in [-0.3, -0.25) is 19.9 Å². The highest BCUT2D eigenvalue weighted by Gasteiger charge is 2.19. The van der Waals surface area contributed by atoms with Gasteiger partial charge in [0.25, 0.3) is 11.6 Å². The average Bonchev–Trinajstić information content (AvgIpc) is 2.73. The molecule has 9 heteroatoms. The molecule has 3 rings (SSSR count). The number of carbonyl (C=O) groups excluding carboxylic acids is 2. The first-order valence-corrected chi connectivity index (χ1v) is 9.20. The zero-order valence-corrected chi connectivity index (χ0v) is 16.5. The normalized spacial score (nSPS) is 11.9. The van der Waals surface area contributed by atoms with Gasteiger partial charge in [-0.25, -0.2) is 4.79 Å². The largest absolute Gasteiger partial charge is 0.449 e. The van der Waals surface area contributed by atoms with E-state index in [1.165, 1.54) is 25.1 Å². The number of esters is 1. The quantitative estimate of drug-likeness (QED) is 0.271. The second-order valence-corrected chi connectivity index (χ2v) is 6.65. The zero-order chi connectivity index (χ0) is 21.7. The van der Waals surface area contributed by atoms with Gasteiger partial charge in [-0.2, -0.15) is 0 Å². The summed E-state index contributed by atoms with van der Waals surface area (Å²) in [6.45, 7) is 1.40. The van der Waals surface area contributed by atoms with Gasteiger partial charge in [-0.05, 0) is 25.1 Å². The molecule has 2 aromatic carbocycles. The number of fused-ring (bicyclic) bond motifs is 1. The number of nitro groups is 1. The highest BCUT2D eigenvalue weighted by Crippen LogP contribution is 2.26. The van der Waals surface area contributed by atoms with Gasteiger partial charge in [0, 0.05) is 35.4 Å². The Kier molecular flexibility index (Phi) is 6.38. The summed E-state index contributed by atoms with van der Waals surface area (Å²) in [6, 6.07) is 12.9. The standard InChI is InChI=1S/C21H16ClN3O5/c1-13(21(27)24-18-9-8-16(25(28)29)12-17(18)22)30-19(26)10-7-15-5-2-4-14-6-3-11-23-20(14)15/h2-13H,1H3,(H,24,27)/b10-7+. The van der Waals surface area contributed by atoms with Crippen LogP contribution < -0.4 is 5.32 Å². The first-order valence-electron chi connectivity index (χ1n) is 8.82. The number of hydrogen-bond acceptors (Lipinski definition) is 6. The summed E-state index contributed by atoms with van der Waals surface area (Å²) in [6.07, 6.45) is 3.33. The Morgan fingerprint density at radius 2 is 2.00 bits per heavy atom. The van der Waals surface area contributed by atoms with E-state index in [4.69, 9.17) is 16.3 Å². The topological polar surface area (TPSA) is 111 Å². The number of ether oxygens (including phenoxy) is 1. The third-order valence-electron chi connectivity index (χ3n) is 4.15. The van der Waals surface area contributed by atoms with Crippen LogP contribution in [0.1, 0.15) is 12.5 Å². The van der Waals surface area contributed by atoms with Crippen molar-refractivity contribution in [3.8, 4) is 0 Å². The first-order chi connectivity index (χ1) is 14.3. The van der Waals surface area contributed by atoms with E-state index in [0.29, 0.717) is 0 Å². The van der Waals surface area contributed by atoms with E-state index in [1.54, 1.807) is 12.3 Å². The molecular formula is C21H16ClN3O5. The number of nitrogens with one attached hydrogen (secondary N) is 1. The van der Waals surface area contributed by atoms with Crippen molar-refractivity contribution in [3.63, 3.8) is 0 Å². The third-order valence-corrected chi connectivity index (χ3v) is 4.46. The highest BCUT2D eigenvalue weighted by atomic mass is 35.5. The SMILES string of the molecule is CC(OC(=O)/C=C/c1cccc2cccnc12)C(=O)Nc1ccc([N+](=O)[O-])cc1Cl. The number of para-hydroxylation sites is 1. The van der Waals surface area contributed by atoms with Crippen LogP contribution in [0.15, 0.2) is 60.8 Å². The minimum absolute atomic E-state index is 0.000530. The predicted molar refractivity (Wildman–Crippen MR) is 113 cm³/mol. The van der Waals surface area contributed by atoms with E-state index in [0.717, 1.165) is 22.5 Å². The molecule has 0 bridgehead atoms. The van der Waals surface area contributed by atoms with Gasteiger partial charge in [0.15, 0.2) is 6.10 Å². The number of amides is 1. The number of halogens is 1. The molecule has 0 saturated carbocycles. The van der Waals surface area contributed by atoms with Crippen molar-refractivity contribution in [2.75, 3.05) is 5.32 Å². The van der Waals surface area contributed by atoms with E-state index in [-0.39, 0.29) is 16.4 Å². The van der Waals surface area contributed by atoms with Gasteiger partial charge < -0.3 is 10.1 Å². The maximum Gasteiger partial charge on any atom is 0.331 e. The first kappa shape index (κ1) is 20.9. The number of nitrogens with zero attached hydrogens (tertiary/aromatic N) is 2. The van der Waals surface area contributed by atoms with E-state index in [1.807, 2.05) is 30.3 Å². The van der Waals surface area contributed by atoms with E-state index in [9.17, 15) is 19.7 Å². The molecule has 1 N–H and O–H groups in total. The van der Waals surface area contributed by atoms with Crippen molar-refractivity contribution in [2.45, 2.75) is 13.0 Å². The number of aromatic nitrogens is 1. The summed E-state index contributed by atoms with van der Waals surface area (Å²) < 4.78 is 5.11. The molecule has 8 nitrogen and oxygen atoms in total. The number of pyridine rings is 1. The molecule has 30 heavy (non-hydrogen) atoms. The van der Waals surface area contributed by atoms with Crippen LogP contribution in [-0.2, 0) is 14.3 Å². The molecule has 0 aliphatic heterocycles. The molecule has 1 aromatic heterocycles. The van der Waals surface area contributed by atoms with Crippen LogP contribution in [0, 0.1) is 10.1 Å². The van der Waals surface area contributed by atoms with Crippen LogP contribution in [0.4, 0.5) is 11.4 Å². The molecule has 0 aliphatic rings. The Balaban J connectivity index is 1.63. The minimum atomic E-state index is -1.11. The fourth-order valence-electron chi connectivity index (χ4n) is 2.64. The van der Waals surface area contributed by atoms with Gasteiger partial charge in [-0.15, -0.1) is 0 Å². The van der Waals surface area contributed by atoms with Crippen molar-refractivity contribution >= 4 is 51.8 Å². The van der Waals surface area contributed by atoms with Crippen LogP contribution in [0.2, 0.25) is 5.02 Å². The molecule has 152 valence electrons. The van der Waals surface area contributed by atoms with Gasteiger partial charge >= 0.3 is 5.97 Å². The van der Waals surface area contributed by atoms with Crippen LogP contribution in [0.25, 0.3) is 17.0 Å². The fourth-order valence-corrected chi connectivity index (χ4v) is 2.86. The maximum absolute atomic E-state index is 12.3. The van der Waals surface area contributed by atoms with E-state index >= 15 is 0 Å². The monoisotopic (exact) mass is 425 g/mol. The number of benzene rings is 2. The van der Waals surface area contributed by atoms with Crippen LogP contribution in [0.5, 0.6) is 0 Å². The maximum atomic E-state index is 12.3. The molecular weight excluding hydrogens is 410 g/mol. The van der Waals surface area contributed by atoms with Crippen molar-refractivity contribution in [1.29, 1.82) is 0 Å². The number of hydrogen-bond donors (Lipinski definition) is 1. The third kappa shape index (κ3) is 4.98. The number of nitro benzene ring substituents is 1. The second kappa shape index (κ2) is 9.15. The minimum Gasteiger partial charge on any atom is -0.449 e. The lowest BCUT2D eigenvalue weighted by atomic mass is 10.1. The Morgan fingerprint density at radius 3 is 2.73 bits per heavy atom. The molecule has 1 unspecified atom stereocenters. The van der Waals surface area contributed by atoms with Crippen molar-refractivity contribution in [2.24, 2.45) is 0 Å². The number of rotatable bonds is 6. The Bertz CT molecular complexity index is 1160. The van der Waals surface area contributed by atoms with Crippen LogP contribution >= 0.6 is 11.6 Å². The molecule has 1 heterocycles. The van der Waals surface area contributed by atoms with Gasteiger partial charge in [0.1, 0.15) is 0 Å². The molecule has 0 aliphatic carbocycles. The lowest BCUT2D eigenvalue weighted by molar-refractivity contribution is -0.384. The molecule has 0 spiro atoms. The molecule has 0 saturated heterocycles. The lowest BCUT2D eigenvalue weighted by Gasteiger charge is -2.13. The van der Waals surface area contributed by atoms with Crippen LogP contribution in [0.3, 0.4) is 0 Å². The Morgan fingerprint density at radius 1 is 1.23 bits per heavy atom.